The minimum Gasteiger partial charge on any atom is -0.356 e. The molecule has 0 N–H and O–H groups in total. The van der Waals surface area contributed by atoms with Crippen molar-refractivity contribution in [3.05, 3.63) is 54.2 Å². The maximum Gasteiger partial charge on any atom is 0.251 e. The fourth-order valence-corrected chi connectivity index (χ4v) is 7.04. The molecule has 3 saturated heterocycles. The van der Waals surface area contributed by atoms with Crippen LogP contribution in [0, 0.1) is 5.41 Å². The van der Waals surface area contributed by atoms with Crippen molar-refractivity contribution in [2.75, 3.05) is 44.2 Å². The first-order chi connectivity index (χ1) is 16.7. The first-order valence-corrected chi connectivity index (χ1v) is 14.0. The van der Waals surface area contributed by atoms with Crippen LogP contribution in [0.25, 0.3) is 0 Å². The number of hydrogen-bond acceptors (Lipinski definition) is 5. The number of benzene rings is 1. The van der Waals surface area contributed by atoms with Crippen molar-refractivity contribution < 1.29 is 17.2 Å². The van der Waals surface area contributed by atoms with E-state index in [9.17, 15) is 17.2 Å². The Morgan fingerprint density at radius 3 is 2.03 bits per heavy atom. The zero-order chi connectivity index (χ0) is 24.5. The highest BCUT2D eigenvalue weighted by Crippen LogP contribution is 2.42. The molecule has 0 amide bonds. The molecule has 0 atom stereocenters. The van der Waals surface area contributed by atoms with Gasteiger partial charge in [-0.05, 0) is 61.9 Å². The van der Waals surface area contributed by atoms with Crippen molar-refractivity contribution in [2.24, 2.45) is 5.41 Å². The minimum absolute atomic E-state index is 0.178. The van der Waals surface area contributed by atoms with E-state index in [0.717, 1.165) is 45.3 Å². The second-order valence-electron chi connectivity index (χ2n) is 10.4. The van der Waals surface area contributed by atoms with Crippen LogP contribution in [0.2, 0.25) is 0 Å². The number of hydrogen-bond donors (Lipinski definition) is 0. The van der Waals surface area contributed by atoms with Gasteiger partial charge in [0, 0.05) is 51.8 Å². The Kier molecular flexibility index (Phi) is 6.85. The van der Waals surface area contributed by atoms with E-state index >= 15 is 0 Å². The molecule has 3 aliphatic heterocycles. The van der Waals surface area contributed by atoms with Crippen molar-refractivity contribution in [3.8, 4) is 0 Å². The van der Waals surface area contributed by atoms with Gasteiger partial charge in [-0.3, -0.25) is 4.90 Å². The van der Waals surface area contributed by atoms with Crippen LogP contribution in [-0.2, 0) is 16.6 Å². The van der Waals surface area contributed by atoms with Crippen molar-refractivity contribution in [3.63, 3.8) is 0 Å². The van der Waals surface area contributed by atoms with Gasteiger partial charge in [0.05, 0.1) is 0 Å². The van der Waals surface area contributed by atoms with Gasteiger partial charge in [-0.15, -0.1) is 0 Å². The quantitative estimate of drug-likeness (QED) is 0.605. The smallest absolute Gasteiger partial charge is 0.251 e. The Morgan fingerprint density at radius 2 is 1.43 bits per heavy atom. The van der Waals surface area contributed by atoms with Crippen LogP contribution in [-0.4, -0.2) is 67.8 Å². The Balaban J connectivity index is 1.15. The normalized spacial score (nSPS) is 23.4. The van der Waals surface area contributed by atoms with Crippen molar-refractivity contribution in [1.82, 2.24) is 14.2 Å². The number of sulfonamides is 1. The Morgan fingerprint density at radius 1 is 0.800 bits per heavy atom. The van der Waals surface area contributed by atoms with Crippen molar-refractivity contribution >= 4 is 15.8 Å². The molecule has 0 aliphatic carbocycles. The summed E-state index contributed by atoms with van der Waals surface area (Å²) in [4.78, 5) is 8.78. The average molecular weight is 505 g/mol. The molecule has 6 nitrogen and oxygen atoms in total. The lowest BCUT2D eigenvalue weighted by molar-refractivity contribution is -0.0221. The summed E-state index contributed by atoms with van der Waals surface area (Å²) in [5.41, 5.74) is 1.57. The summed E-state index contributed by atoms with van der Waals surface area (Å²) < 4.78 is 54.9. The van der Waals surface area contributed by atoms with Crippen LogP contribution < -0.4 is 4.90 Å². The van der Waals surface area contributed by atoms with Gasteiger partial charge in [0.25, 0.3) is 5.92 Å². The number of anilines is 1. The number of likely N-dealkylation sites (tertiary alicyclic amines) is 1. The molecule has 35 heavy (non-hydrogen) atoms. The molecule has 9 heteroatoms. The molecule has 0 unspecified atom stereocenters. The molecule has 190 valence electrons. The third-order valence-electron chi connectivity index (χ3n) is 8.13. The number of nitrogens with zero attached hydrogens (tertiary/aromatic N) is 4. The van der Waals surface area contributed by atoms with Gasteiger partial charge in [0.15, 0.2) is 0 Å². The number of pyridine rings is 1. The number of rotatable bonds is 5. The predicted octanol–water partition coefficient (Wildman–Crippen LogP) is 4.38. The predicted molar refractivity (Wildman–Crippen MR) is 132 cm³/mol. The van der Waals surface area contributed by atoms with Gasteiger partial charge < -0.3 is 4.90 Å². The Hall–Kier alpha value is -2.10. The maximum atomic E-state index is 13.4. The minimum atomic E-state index is -3.61. The molecule has 0 saturated carbocycles. The second-order valence-corrected chi connectivity index (χ2v) is 12.3. The van der Waals surface area contributed by atoms with E-state index in [2.05, 4.69) is 34.1 Å². The van der Waals surface area contributed by atoms with E-state index < -0.39 is 15.9 Å². The highest BCUT2D eigenvalue weighted by Gasteiger charge is 2.40. The van der Waals surface area contributed by atoms with Gasteiger partial charge in [0.1, 0.15) is 10.7 Å². The molecule has 4 heterocycles. The molecule has 1 spiro atoms. The maximum absolute atomic E-state index is 13.4. The summed E-state index contributed by atoms with van der Waals surface area (Å²) in [5, 5.41) is 0. The third kappa shape index (κ3) is 5.52. The van der Waals surface area contributed by atoms with E-state index in [1.807, 2.05) is 6.07 Å². The van der Waals surface area contributed by atoms with Crippen molar-refractivity contribution in [2.45, 2.75) is 55.9 Å². The Labute approximate surface area is 207 Å². The highest BCUT2D eigenvalue weighted by atomic mass is 32.2. The van der Waals surface area contributed by atoms with E-state index in [1.165, 1.54) is 11.8 Å². The highest BCUT2D eigenvalue weighted by molar-refractivity contribution is 7.89. The van der Waals surface area contributed by atoms with Gasteiger partial charge >= 0.3 is 0 Å². The summed E-state index contributed by atoms with van der Waals surface area (Å²) in [5.74, 6) is -2.07. The zero-order valence-corrected chi connectivity index (χ0v) is 20.9. The van der Waals surface area contributed by atoms with Crippen LogP contribution >= 0.6 is 0 Å². The van der Waals surface area contributed by atoms with E-state index in [1.54, 1.807) is 21.3 Å². The number of halogens is 2. The molecule has 1 aromatic carbocycles. The average Bonchev–Trinajstić information content (AvgIpc) is 2.87. The van der Waals surface area contributed by atoms with E-state index in [0.29, 0.717) is 18.9 Å². The monoisotopic (exact) mass is 504 g/mol. The molecule has 3 fully saturated rings. The van der Waals surface area contributed by atoms with Crippen LogP contribution in [0.4, 0.5) is 14.6 Å². The van der Waals surface area contributed by atoms with Crippen LogP contribution in [0.5, 0.6) is 0 Å². The Bertz CT molecular complexity index is 1080. The largest absolute Gasteiger partial charge is 0.356 e. The van der Waals surface area contributed by atoms with Gasteiger partial charge in [-0.2, -0.15) is 4.31 Å². The van der Waals surface area contributed by atoms with E-state index in [4.69, 9.17) is 0 Å². The lowest BCUT2D eigenvalue weighted by atomic mass is 9.71. The molecule has 0 radical (unpaired) electrons. The fraction of sp³-hybridized carbons (Fsp3) is 0.577. The van der Waals surface area contributed by atoms with Gasteiger partial charge in [0.2, 0.25) is 10.0 Å². The topological polar surface area (TPSA) is 56.8 Å². The molecule has 5 rings (SSSR count). The van der Waals surface area contributed by atoms with E-state index in [-0.39, 0.29) is 36.2 Å². The van der Waals surface area contributed by atoms with Gasteiger partial charge in [-0.25, -0.2) is 22.2 Å². The molecule has 2 aromatic rings. The number of alkyl halides is 2. The van der Waals surface area contributed by atoms with Gasteiger partial charge in [-0.1, -0.05) is 30.3 Å². The molecular weight excluding hydrogens is 470 g/mol. The summed E-state index contributed by atoms with van der Waals surface area (Å²) >= 11 is 0. The lowest BCUT2D eigenvalue weighted by Gasteiger charge is -2.46. The van der Waals surface area contributed by atoms with Crippen LogP contribution in [0.3, 0.4) is 0 Å². The number of piperidine rings is 3. The zero-order valence-electron chi connectivity index (χ0n) is 20.1. The summed E-state index contributed by atoms with van der Waals surface area (Å²) in [7, 11) is -3.61. The summed E-state index contributed by atoms with van der Waals surface area (Å²) in [6.07, 6.45) is 4.97. The van der Waals surface area contributed by atoms with Crippen molar-refractivity contribution in [1.29, 1.82) is 0 Å². The lowest BCUT2D eigenvalue weighted by Crippen LogP contribution is -2.48. The molecule has 1 aromatic heterocycles. The number of aromatic nitrogens is 1. The summed E-state index contributed by atoms with van der Waals surface area (Å²) in [6.45, 7) is 4.59. The van der Waals surface area contributed by atoms with Crippen LogP contribution in [0.15, 0.2) is 53.6 Å². The first-order valence-electron chi connectivity index (χ1n) is 12.6. The van der Waals surface area contributed by atoms with Crippen LogP contribution in [0.1, 0.15) is 44.1 Å². The standard InChI is InChI=1S/C26H34F2N4O2S/c27-26(28)12-16-31(17-13-26)24-7-6-23(20-29-24)35(33,34)32-18-10-25(11-19-32)8-14-30(15-9-25)21-22-4-2-1-3-5-22/h1-7,20H,8-19,21H2. The second kappa shape index (κ2) is 9.75. The molecule has 3 aliphatic rings. The molecular formula is C26H34F2N4O2S. The SMILES string of the molecule is O=S(=O)(c1ccc(N2CCC(F)(F)CC2)nc1)N1CCC2(CCN(Cc3ccccc3)CC2)CC1. The molecule has 0 bridgehead atoms. The fourth-order valence-electron chi connectivity index (χ4n) is 5.65. The summed E-state index contributed by atoms with van der Waals surface area (Å²) in [6, 6.07) is 13.7. The first kappa shape index (κ1) is 24.6. The third-order valence-corrected chi connectivity index (χ3v) is 10.0.